The number of piperidine rings is 1. The summed E-state index contributed by atoms with van der Waals surface area (Å²) in [6.07, 6.45) is 3.61. The van der Waals surface area contributed by atoms with Crippen LogP contribution >= 0.6 is 0 Å². The number of likely N-dealkylation sites (tertiary alicyclic amines) is 1. The van der Waals surface area contributed by atoms with E-state index in [4.69, 9.17) is 4.74 Å². The molecule has 1 fully saturated rings. The number of amides is 2. The number of hydrogen-bond acceptors (Lipinski definition) is 5. The molecule has 0 aromatic carbocycles. The molecule has 1 N–H and O–H groups in total. The molecule has 178 valence electrons. The third-order valence-corrected chi connectivity index (χ3v) is 5.89. The number of ether oxygens (including phenoxy) is 1. The van der Waals surface area contributed by atoms with Crippen molar-refractivity contribution >= 4 is 17.8 Å². The number of nitrogens with zero attached hydrogens (tertiary/aromatic N) is 2. The zero-order valence-corrected chi connectivity index (χ0v) is 20.9. The molecule has 1 saturated heterocycles. The van der Waals surface area contributed by atoms with E-state index in [0.29, 0.717) is 18.7 Å². The lowest BCUT2D eigenvalue weighted by Crippen LogP contribution is -2.58. The lowest BCUT2D eigenvalue weighted by molar-refractivity contribution is -0.141. The molecular weight excluding hydrogens is 394 g/mol. The van der Waals surface area contributed by atoms with E-state index in [-0.39, 0.29) is 35.7 Å². The van der Waals surface area contributed by atoms with Gasteiger partial charge >= 0.3 is 5.97 Å². The van der Waals surface area contributed by atoms with Crippen molar-refractivity contribution in [1.29, 1.82) is 0 Å². The van der Waals surface area contributed by atoms with Gasteiger partial charge in [-0.25, -0.2) is 4.79 Å². The Bertz CT molecular complexity index is 666. The van der Waals surface area contributed by atoms with Crippen LogP contribution in [0.2, 0.25) is 0 Å². The number of nitrogens with one attached hydrogen (secondary N) is 1. The molecule has 1 heterocycles. The Morgan fingerprint density at radius 1 is 1.26 bits per heavy atom. The van der Waals surface area contributed by atoms with Crippen LogP contribution in [0.15, 0.2) is 11.6 Å². The lowest BCUT2D eigenvalue weighted by atomic mass is 9.84. The summed E-state index contributed by atoms with van der Waals surface area (Å²) in [5.74, 6) is -0.615. The van der Waals surface area contributed by atoms with Gasteiger partial charge in [-0.1, -0.05) is 40.7 Å². The van der Waals surface area contributed by atoms with Crippen molar-refractivity contribution in [1.82, 2.24) is 15.1 Å². The zero-order valence-electron chi connectivity index (χ0n) is 20.9. The summed E-state index contributed by atoms with van der Waals surface area (Å²) >= 11 is 0. The summed E-state index contributed by atoms with van der Waals surface area (Å²) in [6.45, 7) is 15.4. The monoisotopic (exact) mass is 437 g/mol. The molecule has 3 unspecified atom stereocenters. The Morgan fingerprint density at radius 3 is 2.35 bits per heavy atom. The van der Waals surface area contributed by atoms with Crippen molar-refractivity contribution in [2.24, 2.45) is 17.3 Å². The fourth-order valence-electron chi connectivity index (χ4n) is 3.96. The number of esters is 1. The Kier molecular flexibility index (Phi) is 10.2. The summed E-state index contributed by atoms with van der Waals surface area (Å²) in [5.41, 5.74) is 0.0185. The average Bonchev–Trinajstić information content (AvgIpc) is 2.67. The maximum atomic E-state index is 13.6. The van der Waals surface area contributed by atoms with E-state index in [1.54, 1.807) is 31.9 Å². The van der Waals surface area contributed by atoms with Gasteiger partial charge in [0.2, 0.25) is 11.8 Å². The molecule has 1 aliphatic rings. The second-order valence-corrected chi connectivity index (χ2v) is 10.2. The summed E-state index contributed by atoms with van der Waals surface area (Å²) < 4.78 is 5.08. The van der Waals surface area contributed by atoms with Gasteiger partial charge in [0.15, 0.2) is 0 Å². The molecule has 1 aliphatic heterocycles. The van der Waals surface area contributed by atoms with Crippen molar-refractivity contribution in [2.45, 2.75) is 73.4 Å². The topological polar surface area (TPSA) is 79.0 Å². The van der Waals surface area contributed by atoms with Crippen molar-refractivity contribution in [3.8, 4) is 0 Å². The van der Waals surface area contributed by atoms with Crippen LogP contribution in [0, 0.1) is 17.3 Å². The quantitative estimate of drug-likeness (QED) is 0.467. The van der Waals surface area contributed by atoms with Crippen molar-refractivity contribution in [3.63, 3.8) is 0 Å². The molecule has 0 bridgehead atoms. The van der Waals surface area contributed by atoms with E-state index in [1.807, 2.05) is 41.7 Å². The van der Waals surface area contributed by atoms with Crippen LogP contribution in [0.25, 0.3) is 0 Å². The van der Waals surface area contributed by atoms with Gasteiger partial charge in [0.05, 0.1) is 18.6 Å². The van der Waals surface area contributed by atoms with Crippen LogP contribution in [-0.4, -0.2) is 73.5 Å². The smallest absolute Gasteiger partial charge is 0.333 e. The second kappa shape index (κ2) is 11.7. The van der Waals surface area contributed by atoms with Crippen LogP contribution < -0.4 is 5.32 Å². The van der Waals surface area contributed by atoms with Crippen LogP contribution in [0.1, 0.15) is 61.3 Å². The maximum absolute atomic E-state index is 13.6. The third kappa shape index (κ3) is 7.95. The second-order valence-electron chi connectivity index (χ2n) is 10.2. The minimum absolute atomic E-state index is 0.0624. The van der Waals surface area contributed by atoms with Crippen LogP contribution in [0.4, 0.5) is 0 Å². The molecule has 0 saturated carbocycles. The van der Waals surface area contributed by atoms with Crippen molar-refractivity contribution in [3.05, 3.63) is 11.6 Å². The van der Waals surface area contributed by atoms with Gasteiger partial charge in [-0.2, -0.15) is 0 Å². The Balaban J connectivity index is 3.07. The van der Waals surface area contributed by atoms with E-state index in [9.17, 15) is 14.4 Å². The van der Waals surface area contributed by atoms with Gasteiger partial charge in [0.25, 0.3) is 0 Å². The molecule has 0 spiro atoms. The summed E-state index contributed by atoms with van der Waals surface area (Å²) in [6, 6.07) is -0.950. The first-order chi connectivity index (χ1) is 14.3. The van der Waals surface area contributed by atoms with Crippen LogP contribution in [0.5, 0.6) is 0 Å². The first-order valence-corrected chi connectivity index (χ1v) is 11.4. The van der Waals surface area contributed by atoms with E-state index in [2.05, 4.69) is 10.2 Å². The van der Waals surface area contributed by atoms with Gasteiger partial charge in [-0.15, -0.1) is 0 Å². The average molecular weight is 438 g/mol. The normalized spacial score (nSPS) is 20.2. The lowest BCUT2D eigenvalue weighted by Gasteiger charge is -2.38. The minimum atomic E-state index is -0.658. The van der Waals surface area contributed by atoms with Crippen molar-refractivity contribution in [2.75, 3.05) is 33.8 Å². The number of hydrogen-bond donors (Lipinski definition) is 1. The third-order valence-electron chi connectivity index (χ3n) is 5.89. The van der Waals surface area contributed by atoms with Gasteiger partial charge in [0.1, 0.15) is 6.04 Å². The highest BCUT2D eigenvalue weighted by Crippen LogP contribution is 2.25. The highest BCUT2D eigenvalue weighted by Gasteiger charge is 2.38. The highest BCUT2D eigenvalue weighted by molar-refractivity contribution is 5.90. The van der Waals surface area contributed by atoms with E-state index in [1.165, 1.54) is 0 Å². The largest absolute Gasteiger partial charge is 0.463 e. The molecule has 0 aliphatic carbocycles. The zero-order chi connectivity index (χ0) is 23.9. The summed E-state index contributed by atoms with van der Waals surface area (Å²) in [7, 11) is 3.76. The maximum Gasteiger partial charge on any atom is 0.333 e. The first kappa shape index (κ1) is 27.1. The summed E-state index contributed by atoms with van der Waals surface area (Å²) in [4.78, 5) is 42.4. The fourth-order valence-corrected chi connectivity index (χ4v) is 3.96. The van der Waals surface area contributed by atoms with E-state index >= 15 is 0 Å². The van der Waals surface area contributed by atoms with Gasteiger partial charge in [0, 0.05) is 19.2 Å². The standard InChI is InChI=1S/C24H43N3O4/c1-10-31-23(30)17(4)14-19(16(2)3)27(9)22(29)20(24(5,6)7)25-21(28)18-12-11-13-26(8)15-18/h14,16,18-20H,10-13,15H2,1-9H3,(H,25,28)/b17-14+. The highest BCUT2D eigenvalue weighted by atomic mass is 16.5. The SMILES string of the molecule is CCOC(=O)/C(C)=C/C(C(C)C)N(C)C(=O)C(NC(=O)C1CCCN(C)C1)C(C)(C)C. The number of carbonyl (C=O) groups excluding carboxylic acids is 3. The van der Waals surface area contributed by atoms with Gasteiger partial charge in [-0.3, -0.25) is 9.59 Å². The molecule has 7 heteroatoms. The molecule has 7 nitrogen and oxygen atoms in total. The van der Waals surface area contributed by atoms with Gasteiger partial charge < -0.3 is 19.9 Å². The molecule has 3 atom stereocenters. The molecule has 0 aromatic rings. The number of carbonyl (C=O) groups is 3. The molecule has 0 radical (unpaired) electrons. The molecule has 0 aromatic heterocycles. The van der Waals surface area contributed by atoms with Gasteiger partial charge in [-0.05, 0) is 51.6 Å². The Morgan fingerprint density at radius 2 is 1.87 bits per heavy atom. The Hall–Kier alpha value is -1.89. The number of rotatable bonds is 8. The number of likely N-dealkylation sites (N-methyl/N-ethyl adjacent to an activating group) is 1. The molecule has 31 heavy (non-hydrogen) atoms. The Labute approximate surface area is 188 Å². The first-order valence-electron chi connectivity index (χ1n) is 11.4. The summed E-state index contributed by atoms with van der Waals surface area (Å²) in [5, 5.41) is 3.05. The molecule has 2 amide bonds. The van der Waals surface area contributed by atoms with Crippen LogP contribution in [-0.2, 0) is 19.1 Å². The molecular formula is C24H43N3O4. The predicted octanol–water partition coefficient (Wildman–Crippen LogP) is 2.85. The fraction of sp³-hybridized carbons (Fsp3) is 0.792. The van der Waals surface area contributed by atoms with Crippen molar-refractivity contribution < 1.29 is 19.1 Å². The minimum Gasteiger partial charge on any atom is -0.463 e. The molecule has 1 rings (SSSR count). The van der Waals surface area contributed by atoms with E-state index < -0.39 is 11.5 Å². The van der Waals surface area contributed by atoms with E-state index in [0.717, 1.165) is 19.4 Å². The van der Waals surface area contributed by atoms with Crippen LogP contribution in [0.3, 0.4) is 0 Å². The predicted molar refractivity (Wildman–Crippen MR) is 123 cm³/mol.